The molecule has 0 aliphatic carbocycles. The lowest BCUT2D eigenvalue weighted by atomic mass is 10.1. The van der Waals surface area contributed by atoms with Crippen LogP contribution < -0.4 is 15.5 Å². The van der Waals surface area contributed by atoms with Gasteiger partial charge in [0.2, 0.25) is 0 Å². The molecule has 2 rings (SSSR count). The van der Waals surface area contributed by atoms with E-state index in [1.54, 1.807) is 24.1 Å². The maximum Gasteiger partial charge on any atom is 0.258 e. The first-order valence-corrected chi connectivity index (χ1v) is 7.50. The Bertz CT molecular complexity index is 658. The van der Waals surface area contributed by atoms with Gasteiger partial charge in [-0.25, -0.2) is 0 Å². The molecule has 0 saturated carbocycles. The molecule has 0 fully saturated rings. The summed E-state index contributed by atoms with van der Waals surface area (Å²) >= 11 is 5.15. The van der Waals surface area contributed by atoms with E-state index in [4.69, 9.17) is 12.2 Å². The normalized spacial score (nSPS) is 9.91. The van der Waals surface area contributed by atoms with Crippen LogP contribution in [0.5, 0.6) is 0 Å². The van der Waals surface area contributed by atoms with Crippen LogP contribution in [-0.4, -0.2) is 24.6 Å². The third-order valence-electron chi connectivity index (χ3n) is 3.15. The quantitative estimate of drug-likeness (QED) is 0.850. The summed E-state index contributed by atoms with van der Waals surface area (Å²) < 4.78 is 0. The second-order valence-electron chi connectivity index (χ2n) is 4.76. The Morgan fingerprint density at radius 2 is 1.86 bits per heavy atom. The van der Waals surface area contributed by atoms with Crippen molar-refractivity contribution in [2.75, 3.05) is 23.8 Å². The van der Waals surface area contributed by atoms with Crippen molar-refractivity contribution in [3.8, 4) is 0 Å². The molecule has 4 nitrogen and oxygen atoms in total. The van der Waals surface area contributed by atoms with Crippen LogP contribution in [0.2, 0.25) is 0 Å². The zero-order valence-electron chi connectivity index (χ0n) is 12.7. The van der Waals surface area contributed by atoms with Crippen LogP contribution in [0.3, 0.4) is 0 Å². The van der Waals surface area contributed by atoms with E-state index in [0.717, 1.165) is 17.9 Å². The number of carbonyl (C=O) groups is 1. The molecule has 0 bridgehead atoms. The molecule has 0 spiro atoms. The number of amides is 1. The predicted octanol–water partition coefficient (Wildman–Crippen LogP) is 3.27. The van der Waals surface area contributed by atoms with Gasteiger partial charge in [-0.15, -0.1) is 0 Å². The standard InChI is InChI=1S/C17H19N3OS/c1-3-18-17(22)19-14-9-7-8-13(12-14)16(21)20(2)15-10-5-4-6-11-15/h4-12H,3H2,1-2H3,(H2,18,19,22). The largest absolute Gasteiger partial charge is 0.363 e. The van der Waals surface area contributed by atoms with Gasteiger partial charge in [-0.3, -0.25) is 4.79 Å². The van der Waals surface area contributed by atoms with Crippen LogP contribution >= 0.6 is 12.2 Å². The van der Waals surface area contributed by atoms with Crippen molar-refractivity contribution in [1.82, 2.24) is 5.32 Å². The van der Waals surface area contributed by atoms with Crippen molar-refractivity contribution in [3.05, 3.63) is 60.2 Å². The number of anilines is 2. The Morgan fingerprint density at radius 1 is 1.14 bits per heavy atom. The van der Waals surface area contributed by atoms with E-state index in [-0.39, 0.29) is 5.91 Å². The predicted molar refractivity (Wildman–Crippen MR) is 95.5 cm³/mol. The minimum atomic E-state index is -0.0655. The van der Waals surface area contributed by atoms with Gasteiger partial charge in [0.15, 0.2) is 5.11 Å². The summed E-state index contributed by atoms with van der Waals surface area (Å²) in [5.41, 5.74) is 2.25. The molecule has 114 valence electrons. The number of para-hydroxylation sites is 1. The monoisotopic (exact) mass is 313 g/mol. The number of hydrogen-bond donors (Lipinski definition) is 2. The van der Waals surface area contributed by atoms with E-state index in [1.165, 1.54) is 0 Å². The highest BCUT2D eigenvalue weighted by Gasteiger charge is 2.13. The molecule has 0 aliphatic rings. The number of carbonyl (C=O) groups excluding carboxylic acids is 1. The molecule has 1 amide bonds. The van der Waals surface area contributed by atoms with Crippen molar-refractivity contribution < 1.29 is 4.79 Å². The Hall–Kier alpha value is -2.40. The van der Waals surface area contributed by atoms with E-state index < -0.39 is 0 Å². The van der Waals surface area contributed by atoms with Crippen LogP contribution in [0.1, 0.15) is 17.3 Å². The topological polar surface area (TPSA) is 44.4 Å². The average Bonchev–Trinajstić information content (AvgIpc) is 2.54. The molecule has 0 atom stereocenters. The van der Waals surface area contributed by atoms with E-state index in [0.29, 0.717) is 10.7 Å². The lowest BCUT2D eigenvalue weighted by molar-refractivity contribution is 0.0993. The van der Waals surface area contributed by atoms with Crippen LogP contribution in [0.4, 0.5) is 11.4 Å². The second kappa shape index (κ2) is 7.56. The van der Waals surface area contributed by atoms with Gasteiger partial charge in [0.05, 0.1) is 0 Å². The van der Waals surface area contributed by atoms with E-state index >= 15 is 0 Å². The summed E-state index contributed by atoms with van der Waals surface area (Å²) in [4.78, 5) is 14.2. The number of hydrogen-bond acceptors (Lipinski definition) is 2. The maximum atomic E-state index is 12.6. The van der Waals surface area contributed by atoms with Crippen molar-refractivity contribution in [2.45, 2.75) is 6.92 Å². The van der Waals surface area contributed by atoms with Crippen molar-refractivity contribution in [3.63, 3.8) is 0 Å². The molecule has 2 N–H and O–H groups in total. The molecule has 2 aromatic rings. The molecule has 0 saturated heterocycles. The third kappa shape index (κ3) is 4.05. The SMILES string of the molecule is CCNC(=S)Nc1cccc(C(=O)N(C)c2ccccc2)c1. The molecule has 0 heterocycles. The molecule has 2 aromatic carbocycles. The zero-order valence-corrected chi connectivity index (χ0v) is 13.5. The zero-order chi connectivity index (χ0) is 15.9. The third-order valence-corrected chi connectivity index (χ3v) is 3.40. The van der Waals surface area contributed by atoms with Gasteiger partial charge in [0, 0.05) is 30.5 Å². The van der Waals surface area contributed by atoms with Crippen molar-refractivity contribution in [2.24, 2.45) is 0 Å². The molecule has 22 heavy (non-hydrogen) atoms. The van der Waals surface area contributed by atoms with Crippen LogP contribution in [0.15, 0.2) is 54.6 Å². The minimum Gasteiger partial charge on any atom is -0.363 e. The van der Waals surface area contributed by atoms with Gasteiger partial charge in [-0.05, 0) is 49.5 Å². The highest BCUT2D eigenvalue weighted by molar-refractivity contribution is 7.80. The Balaban J connectivity index is 2.15. The lowest BCUT2D eigenvalue weighted by Gasteiger charge is -2.18. The van der Waals surface area contributed by atoms with Gasteiger partial charge in [0.1, 0.15) is 0 Å². The number of rotatable bonds is 4. The molecule has 5 heteroatoms. The molecular weight excluding hydrogens is 294 g/mol. The van der Waals surface area contributed by atoms with Gasteiger partial charge >= 0.3 is 0 Å². The first-order valence-electron chi connectivity index (χ1n) is 7.10. The van der Waals surface area contributed by atoms with Crippen LogP contribution in [0.25, 0.3) is 0 Å². The number of thiocarbonyl (C=S) groups is 1. The minimum absolute atomic E-state index is 0.0655. The smallest absolute Gasteiger partial charge is 0.258 e. The molecule has 0 radical (unpaired) electrons. The number of benzene rings is 2. The molecule has 0 aromatic heterocycles. The summed E-state index contributed by atoms with van der Waals surface area (Å²) in [6, 6.07) is 16.9. The summed E-state index contributed by atoms with van der Waals surface area (Å²) in [5.74, 6) is -0.0655. The van der Waals surface area contributed by atoms with Gasteiger partial charge in [0.25, 0.3) is 5.91 Å². The number of nitrogens with zero attached hydrogens (tertiary/aromatic N) is 1. The fraction of sp³-hybridized carbons (Fsp3) is 0.176. The Kier molecular flexibility index (Phi) is 5.49. The average molecular weight is 313 g/mol. The maximum absolute atomic E-state index is 12.6. The molecular formula is C17H19N3OS. The van der Waals surface area contributed by atoms with E-state index in [9.17, 15) is 4.79 Å². The lowest BCUT2D eigenvalue weighted by Crippen LogP contribution is -2.28. The van der Waals surface area contributed by atoms with Gasteiger partial charge < -0.3 is 15.5 Å². The Morgan fingerprint density at radius 3 is 2.55 bits per heavy atom. The van der Waals surface area contributed by atoms with E-state index in [2.05, 4.69) is 10.6 Å². The molecule has 0 unspecified atom stereocenters. The first kappa shape index (κ1) is 16.0. The first-order chi connectivity index (χ1) is 10.6. The Labute approximate surface area is 136 Å². The van der Waals surface area contributed by atoms with Crippen molar-refractivity contribution >= 4 is 34.6 Å². The summed E-state index contributed by atoms with van der Waals surface area (Å²) in [6.07, 6.45) is 0. The highest BCUT2D eigenvalue weighted by Crippen LogP contribution is 2.17. The molecule has 0 aliphatic heterocycles. The fourth-order valence-electron chi connectivity index (χ4n) is 2.03. The van der Waals surface area contributed by atoms with Crippen LogP contribution in [-0.2, 0) is 0 Å². The number of nitrogens with one attached hydrogen (secondary N) is 2. The van der Waals surface area contributed by atoms with Crippen LogP contribution in [0, 0.1) is 0 Å². The summed E-state index contributed by atoms with van der Waals surface area (Å²) in [6.45, 7) is 2.73. The van der Waals surface area contributed by atoms with Gasteiger partial charge in [-0.2, -0.15) is 0 Å². The van der Waals surface area contributed by atoms with Gasteiger partial charge in [-0.1, -0.05) is 24.3 Å². The van der Waals surface area contributed by atoms with E-state index in [1.807, 2.05) is 49.4 Å². The fourth-order valence-corrected chi connectivity index (χ4v) is 2.29. The highest BCUT2D eigenvalue weighted by atomic mass is 32.1. The second-order valence-corrected chi connectivity index (χ2v) is 5.17. The summed E-state index contributed by atoms with van der Waals surface area (Å²) in [7, 11) is 1.76. The summed E-state index contributed by atoms with van der Waals surface area (Å²) in [5, 5.41) is 6.63. The van der Waals surface area contributed by atoms with Crippen molar-refractivity contribution in [1.29, 1.82) is 0 Å².